The third-order valence-corrected chi connectivity index (χ3v) is 8.65. The Balaban J connectivity index is 1.24. The van der Waals surface area contributed by atoms with Crippen LogP contribution in [0.15, 0.2) is 97.1 Å². The minimum Gasteiger partial charge on any atom is -0.457 e. The lowest BCUT2D eigenvalue weighted by atomic mass is 9.85. The van der Waals surface area contributed by atoms with Crippen LogP contribution in [0.2, 0.25) is 0 Å². The summed E-state index contributed by atoms with van der Waals surface area (Å²) < 4.78 is 23.0. The van der Waals surface area contributed by atoms with Crippen molar-refractivity contribution in [1.82, 2.24) is 15.7 Å². The monoisotopic (exact) mass is 765 g/mol. The molecule has 5 rings (SSSR count). The van der Waals surface area contributed by atoms with Crippen molar-refractivity contribution in [3.63, 3.8) is 0 Å². The second-order valence-electron chi connectivity index (χ2n) is 14.3. The predicted octanol–water partition coefficient (Wildman–Crippen LogP) is 8.28. The lowest BCUT2D eigenvalue weighted by Gasteiger charge is -2.29. The fraction of sp³-hybridized carbons (Fsp3) is 0.310. The Labute approximate surface area is 325 Å². The number of ether oxygens (including phenoxy) is 4. The van der Waals surface area contributed by atoms with E-state index in [4.69, 9.17) is 24.4 Å². The number of amidine groups is 1. The number of hydrogen-bond donors (Lipinski definition) is 5. The van der Waals surface area contributed by atoms with Gasteiger partial charge in [0.15, 0.2) is 5.84 Å². The summed E-state index contributed by atoms with van der Waals surface area (Å²) in [5.74, 6) is 0.0566. The number of alkyl carbamates (subject to hydrolysis) is 2. The van der Waals surface area contributed by atoms with Gasteiger partial charge in [-0.1, -0.05) is 42.5 Å². The zero-order chi connectivity index (χ0) is 40.2. The van der Waals surface area contributed by atoms with Gasteiger partial charge in [-0.15, -0.1) is 0 Å². The molecule has 0 heterocycles. The summed E-state index contributed by atoms with van der Waals surface area (Å²) in [7, 11) is 0. The van der Waals surface area contributed by atoms with E-state index in [-0.39, 0.29) is 41.9 Å². The average molecular weight is 766 g/mol. The standard InChI is InChI=1S/C42H47N5O9/c1-27(48)47(52)38(43)30-14-20-35(21-15-30)55-37-23-33(45-39(49)31-12-16-32(17-13-31)46-41(51)56-42(2,3)4)22-36(24-37)54-34-18-10-28(11-19-34)25-44-40(50)53-26-29-8-6-5-7-9-29/h5-11,14-15,18-24,31-32,43,52H,12-13,16-17,25-26H2,1-4H3,(H,44,50)(H,45,49)(H,46,51). The van der Waals surface area contributed by atoms with Gasteiger partial charge in [0.1, 0.15) is 35.2 Å². The number of benzene rings is 4. The van der Waals surface area contributed by atoms with Crippen molar-refractivity contribution in [2.75, 3.05) is 5.32 Å². The van der Waals surface area contributed by atoms with Gasteiger partial charge in [0.25, 0.3) is 0 Å². The van der Waals surface area contributed by atoms with Crippen LogP contribution in [0, 0.1) is 11.3 Å². The molecule has 0 atom stereocenters. The number of nitrogens with one attached hydrogen (secondary N) is 4. The number of hydrogen-bond acceptors (Lipinski definition) is 10. The maximum absolute atomic E-state index is 13.5. The molecule has 4 aromatic rings. The first-order valence-electron chi connectivity index (χ1n) is 18.2. The van der Waals surface area contributed by atoms with Crippen LogP contribution in [0.5, 0.6) is 23.0 Å². The van der Waals surface area contributed by atoms with E-state index in [2.05, 4.69) is 16.0 Å². The van der Waals surface area contributed by atoms with Crippen LogP contribution in [-0.2, 0) is 32.2 Å². The van der Waals surface area contributed by atoms with E-state index < -0.39 is 23.7 Å². The Morgan fingerprint density at radius 1 is 0.768 bits per heavy atom. The molecule has 14 nitrogen and oxygen atoms in total. The molecule has 4 aromatic carbocycles. The Kier molecular flexibility index (Phi) is 13.7. The van der Waals surface area contributed by atoms with Gasteiger partial charge in [0.2, 0.25) is 11.8 Å². The van der Waals surface area contributed by atoms with Crippen LogP contribution in [0.1, 0.15) is 70.1 Å². The molecule has 5 N–H and O–H groups in total. The smallest absolute Gasteiger partial charge is 0.407 e. The molecule has 1 aliphatic carbocycles. The summed E-state index contributed by atoms with van der Waals surface area (Å²) in [4.78, 5) is 49.4. The first-order chi connectivity index (χ1) is 26.7. The Hall–Kier alpha value is -6.41. The van der Waals surface area contributed by atoms with Crippen LogP contribution in [-0.4, -0.2) is 51.7 Å². The first kappa shape index (κ1) is 40.8. The van der Waals surface area contributed by atoms with Crippen molar-refractivity contribution >= 4 is 35.5 Å². The number of hydroxylamine groups is 2. The van der Waals surface area contributed by atoms with E-state index in [0.29, 0.717) is 59.9 Å². The molecule has 14 heteroatoms. The van der Waals surface area contributed by atoms with Gasteiger partial charge in [-0.05, 0) is 94.0 Å². The molecule has 4 amide bonds. The van der Waals surface area contributed by atoms with Crippen molar-refractivity contribution in [2.45, 2.75) is 78.2 Å². The average Bonchev–Trinajstić information content (AvgIpc) is 3.16. The second kappa shape index (κ2) is 18.8. The van der Waals surface area contributed by atoms with Gasteiger partial charge in [-0.25, -0.2) is 9.59 Å². The summed E-state index contributed by atoms with van der Waals surface area (Å²) in [6.45, 7) is 6.97. The van der Waals surface area contributed by atoms with Crippen molar-refractivity contribution < 1.29 is 43.3 Å². The Morgan fingerprint density at radius 2 is 1.36 bits per heavy atom. The molecule has 0 spiro atoms. The SMILES string of the molecule is CC(=O)N(O)C(=N)c1ccc(Oc2cc(NC(=O)C3CCC(NC(=O)OC(C)(C)C)CC3)cc(Oc3ccc(CNC(=O)OCc4ccccc4)cc3)c2)cc1. The lowest BCUT2D eigenvalue weighted by Crippen LogP contribution is -2.42. The highest BCUT2D eigenvalue weighted by Crippen LogP contribution is 2.34. The largest absolute Gasteiger partial charge is 0.457 e. The van der Waals surface area contributed by atoms with Gasteiger partial charge >= 0.3 is 12.2 Å². The number of rotatable bonds is 12. The maximum Gasteiger partial charge on any atom is 0.407 e. The molecule has 0 bridgehead atoms. The van der Waals surface area contributed by atoms with Gasteiger partial charge in [-0.2, -0.15) is 5.06 Å². The van der Waals surface area contributed by atoms with Crippen molar-refractivity contribution in [3.8, 4) is 23.0 Å². The molecule has 0 unspecified atom stereocenters. The van der Waals surface area contributed by atoms with Crippen molar-refractivity contribution in [2.24, 2.45) is 5.92 Å². The molecule has 1 aliphatic rings. The lowest BCUT2D eigenvalue weighted by molar-refractivity contribution is -0.146. The summed E-state index contributed by atoms with van der Waals surface area (Å²) in [6, 6.07) is 27.6. The molecule has 0 radical (unpaired) electrons. The minimum atomic E-state index is -0.697. The molecule has 294 valence electrons. The zero-order valence-corrected chi connectivity index (χ0v) is 31.8. The third kappa shape index (κ3) is 12.6. The van der Waals surface area contributed by atoms with E-state index in [1.54, 1.807) is 63.2 Å². The highest BCUT2D eigenvalue weighted by molar-refractivity contribution is 6.04. The molecule has 1 saturated carbocycles. The van der Waals surface area contributed by atoms with E-state index >= 15 is 0 Å². The molecule has 1 fully saturated rings. The predicted molar refractivity (Wildman–Crippen MR) is 208 cm³/mol. The summed E-state index contributed by atoms with van der Waals surface area (Å²) in [5.41, 5.74) is 1.83. The number of anilines is 1. The quantitative estimate of drug-likeness (QED) is 0.0409. The highest BCUT2D eigenvalue weighted by Gasteiger charge is 2.29. The number of amides is 4. The van der Waals surface area contributed by atoms with Gasteiger partial charge in [0.05, 0.1) is 0 Å². The molecular formula is C42H47N5O9. The molecular weight excluding hydrogens is 718 g/mol. The summed E-state index contributed by atoms with van der Waals surface area (Å²) >= 11 is 0. The third-order valence-electron chi connectivity index (χ3n) is 8.65. The van der Waals surface area contributed by atoms with Gasteiger partial charge < -0.3 is 34.9 Å². The van der Waals surface area contributed by atoms with Crippen molar-refractivity contribution in [3.05, 3.63) is 114 Å². The topological polar surface area (TPSA) is 189 Å². The van der Waals surface area contributed by atoms with Gasteiger partial charge in [0, 0.05) is 54.9 Å². The van der Waals surface area contributed by atoms with Crippen LogP contribution in [0.25, 0.3) is 0 Å². The number of carbonyl (C=O) groups excluding carboxylic acids is 4. The molecule has 0 aromatic heterocycles. The van der Waals surface area contributed by atoms with Crippen LogP contribution in [0.3, 0.4) is 0 Å². The summed E-state index contributed by atoms with van der Waals surface area (Å²) in [5, 5.41) is 26.8. The van der Waals surface area contributed by atoms with Crippen LogP contribution >= 0.6 is 0 Å². The molecule has 0 aliphatic heterocycles. The zero-order valence-electron chi connectivity index (χ0n) is 31.8. The Bertz CT molecular complexity index is 1990. The van der Waals surface area contributed by atoms with Crippen LogP contribution < -0.4 is 25.4 Å². The van der Waals surface area contributed by atoms with E-state index in [0.717, 1.165) is 18.1 Å². The van der Waals surface area contributed by atoms with Gasteiger partial charge in [-0.3, -0.25) is 20.2 Å². The summed E-state index contributed by atoms with van der Waals surface area (Å²) in [6.07, 6.45) is 1.40. The fourth-order valence-corrected chi connectivity index (χ4v) is 5.84. The minimum absolute atomic E-state index is 0.0840. The first-order valence-corrected chi connectivity index (χ1v) is 18.2. The van der Waals surface area contributed by atoms with Crippen LogP contribution in [0.4, 0.5) is 15.3 Å². The van der Waals surface area contributed by atoms with Crippen molar-refractivity contribution in [1.29, 1.82) is 5.41 Å². The Morgan fingerprint density at radius 3 is 1.93 bits per heavy atom. The maximum atomic E-state index is 13.5. The molecule has 0 saturated heterocycles. The second-order valence-corrected chi connectivity index (χ2v) is 14.3. The van der Waals surface area contributed by atoms with E-state index in [1.807, 2.05) is 42.5 Å². The fourth-order valence-electron chi connectivity index (χ4n) is 5.84. The molecule has 56 heavy (non-hydrogen) atoms. The van der Waals surface area contributed by atoms with E-state index in [9.17, 15) is 24.4 Å². The normalized spacial score (nSPS) is 15.1. The highest BCUT2D eigenvalue weighted by atomic mass is 16.6. The number of nitrogens with zero attached hydrogens (tertiary/aromatic N) is 1. The number of carbonyl (C=O) groups is 4. The van der Waals surface area contributed by atoms with E-state index in [1.165, 1.54) is 12.1 Å².